The maximum absolute atomic E-state index is 12.3. The summed E-state index contributed by atoms with van der Waals surface area (Å²) in [6.07, 6.45) is 0.283. The second kappa shape index (κ2) is 7.47. The van der Waals surface area contributed by atoms with Crippen molar-refractivity contribution in [3.63, 3.8) is 0 Å². The minimum atomic E-state index is -0.0761. The van der Waals surface area contributed by atoms with Gasteiger partial charge in [-0.05, 0) is 26.0 Å². The van der Waals surface area contributed by atoms with Gasteiger partial charge in [-0.25, -0.2) is 0 Å². The molecule has 0 radical (unpaired) electrons. The average molecular weight is 308 g/mol. The Morgan fingerprint density at radius 3 is 2.55 bits per heavy atom. The highest BCUT2D eigenvalue weighted by Crippen LogP contribution is 2.28. The molecule has 1 saturated heterocycles. The van der Waals surface area contributed by atoms with Crippen LogP contribution in [0.5, 0.6) is 11.5 Å². The van der Waals surface area contributed by atoms with Gasteiger partial charge in [-0.3, -0.25) is 9.69 Å². The third-order valence-electron chi connectivity index (χ3n) is 3.54. The van der Waals surface area contributed by atoms with E-state index in [1.54, 1.807) is 32.4 Å². The highest BCUT2D eigenvalue weighted by molar-refractivity contribution is 5.94. The van der Waals surface area contributed by atoms with E-state index in [0.29, 0.717) is 23.7 Å². The molecule has 122 valence electrons. The van der Waals surface area contributed by atoms with Crippen LogP contribution in [0.15, 0.2) is 18.2 Å². The maximum atomic E-state index is 12.3. The molecule has 1 amide bonds. The lowest BCUT2D eigenvalue weighted by molar-refractivity contribution is -0.121. The minimum absolute atomic E-state index is 0.0761. The predicted molar refractivity (Wildman–Crippen MR) is 84.6 cm³/mol. The molecular weight excluding hydrogens is 284 g/mol. The monoisotopic (exact) mass is 308 g/mol. The van der Waals surface area contributed by atoms with Crippen molar-refractivity contribution in [3.05, 3.63) is 18.2 Å². The Bertz CT molecular complexity index is 511. The lowest BCUT2D eigenvalue weighted by atomic mass is 10.2. The SMILES string of the molecule is COc1ccc(OC)c(NC(=O)CN2C[C@@H](C)O[C@@H](C)C2)c1. The van der Waals surface area contributed by atoms with Crippen LogP contribution in [0.2, 0.25) is 0 Å². The quantitative estimate of drug-likeness (QED) is 0.898. The normalized spacial score (nSPS) is 22.2. The van der Waals surface area contributed by atoms with Crippen molar-refractivity contribution in [1.82, 2.24) is 4.90 Å². The maximum Gasteiger partial charge on any atom is 0.238 e. The number of morpholine rings is 1. The zero-order valence-corrected chi connectivity index (χ0v) is 13.6. The Labute approximate surface area is 131 Å². The van der Waals surface area contributed by atoms with Crippen LogP contribution in [-0.4, -0.2) is 56.9 Å². The number of methoxy groups -OCH3 is 2. The Hall–Kier alpha value is -1.79. The third kappa shape index (κ3) is 4.35. The van der Waals surface area contributed by atoms with Crippen molar-refractivity contribution < 1.29 is 19.0 Å². The number of hydrogen-bond acceptors (Lipinski definition) is 5. The number of nitrogens with zero attached hydrogens (tertiary/aromatic N) is 1. The standard InChI is InChI=1S/C16H24N2O4/c1-11-8-18(9-12(2)22-11)10-16(19)17-14-7-13(20-3)5-6-15(14)21-4/h5-7,11-12H,8-10H2,1-4H3,(H,17,19)/t11-,12+. The Kier molecular flexibility index (Phi) is 5.63. The molecule has 6 nitrogen and oxygen atoms in total. The molecule has 1 aromatic rings. The van der Waals surface area contributed by atoms with E-state index >= 15 is 0 Å². The molecule has 1 N–H and O–H groups in total. The Balaban J connectivity index is 1.99. The van der Waals surface area contributed by atoms with Crippen LogP contribution in [0.4, 0.5) is 5.69 Å². The van der Waals surface area contributed by atoms with Crippen LogP contribution in [-0.2, 0) is 9.53 Å². The molecule has 1 heterocycles. The molecule has 22 heavy (non-hydrogen) atoms. The largest absolute Gasteiger partial charge is 0.497 e. The molecule has 1 aliphatic heterocycles. The van der Waals surface area contributed by atoms with Gasteiger partial charge in [0.05, 0.1) is 38.7 Å². The van der Waals surface area contributed by atoms with Gasteiger partial charge in [0.1, 0.15) is 11.5 Å². The summed E-state index contributed by atoms with van der Waals surface area (Å²) in [7, 11) is 3.16. The van der Waals surface area contributed by atoms with Gasteiger partial charge in [0.25, 0.3) is 0 Å². The van der Waals surface area contributed by atoms with E-state index in [1.165, 1.54) is 0 Å². The number of anilines is 1. The van der Waals surface area contributed by atoms with Crippen molar-refractivity contribution in [3.8, 4) is 11.5 Å². The second-order valence-electron chi connectivity index (χ2n) is 5.57. The third-order valence-corrected chi connectivity index (χ3v) is 3.54. The lowest BCUT2D eigenvalue weighted by Crippen LogP contribution is -2.48. The zero-order chi connectivity index (χ0) is 16.1. The molecule has 1 fully saturated rings. The molecule has 0 unspecified atom stereocenters. The number of carbonyl (C=O) groups excluding carboxylic acids is 1. The van der Waals surface area contributed by atoms with Crippen molar-refractivity contribution in [2.45, 2.75) is 26.1 Å². The van der Waals surface area contributed by atoms with Gasteiger partial charge < -0.3 is 19.5 Å². The summed E-state index contributed by atoms with van der Waals surface area (Å²) in [6, 6.07) is 5.31. The molecular formula is C16H24N2O4. The number of nitrogens with one attached hydrogen (secondary N) is 1. The number of rotatable bonds is 5. The van der Waals surface area contributed by atoms with E-state index in [9.17, 15) is 4.79 Å². The fraction of sp³-hybridized carbons (Fsp3) is 0.562. The fourth-order valence-corrected chi connectivity index (χ4v) is 2.72. The lowest BCUT2D eigenvalue weighted by Gasteiger charge is -2.34. The smallest absolute Gasteiger partial charge is 0.238 e. The van der Waals surface area contributed by atoms with Gasteiger partial charge in [0.15, 0.2) is 0 Å². The van der Waals surface area contributed by atoms with E-state index in [1.807, 2.05) is 13.8 Å². The van der Waals surface area contributed by atoms with Crippen molar-refractivity contribution in [2.24, 2.45) is 0 Å². The number of amides is 1. The van der Waals surface area contributed by atoms with Crippen LogP contribution in [0.3, 0.4) is 0 Å². The molecule has 1 aromatic carbocycles. The van der Waals surface area contributed by atoms with Gasteiger partial charge in [-0.15, -0.1) is 0 Å². The van der Waals surface area contributed by atoms with E-state index in [4.69, 9.17) is 14.2 Å². The first kappa shape index (κ1) is 16.6. The summed E-state index contributed by atoms with van der Waals surface area (Å²) in [5.41, 5.74) is 0.612. The molecule has 2 atom stereocenters. The Morgan fingerprint density at radius 1 is 1.27 bits per heavy atom. The first-order chi connectivity index (χ1) is 10.5. The highest BCUT2D eigenvalue weighted by atomic mass is 16.5. The summed E-state index contributed by atoms with van der Waals surface area (Å²) < 4.78 is 16.1. The number of ether oxygens (including phenoxy) is 3. The summed E-state index contributed by atoms with van der Waals surface area (Å²) >= 11 is 0. The first-order valence-corrected chi connectivity index (χ1v) is 7.41. The van der Waals surface area contributed by atoms with Crippen molar-refractivity contribution in [2.75, 3.05) is 39.2 Å². The average Bonchev–Trinajstić information content (AvgIpc) is 2.45. The molecule has 2 rings (SSSR count). The van der Waals surface area contributed by atoms with Crippen LogP contribution in [0.25, 0.3) is 0 Å². The summed E-state index contributed by atoms with van der Waals surface area (Å²) in [5.74, 6) is 1.20. The number of hydrogen-bond donors (Lipinski definition) is 1. The molecule has 0 aliphatic carbocycles. The second-order valence-corrected chi connectivity index (χ2v) is 5.57. The van der Waals surface area contributed by atoms with Gasteiger partial charge in [0.2, 0.25) is 5.91 Å². The minimum Gasteiger partial charge on any atom is -0.497 e. The van der Waals surface area contributed by atoms with Gasteiger partial charge >= 0.3 is 0 Å². The molecule has 0 spiro atoms. The summed E-state index contributed by atoms with van der Waals surface area (Å²) in [6.45, 7) is 5.88. The topological polar surface area (TPSA) is 60.0 Å². The van der Waals surface area contributed by atoms with Gasteiger partial charge in [-0.1, -0.05) is 0 Å². The van der Waals surface area contributed by atoms with Crippen molar-refractivity contribution in [1.29, 1.82) is 0 Å². The van der Waals surface area contributed by atoms with Crippen LogP contribution >= 0.6 is 0 Å². The van der Waals surface area contributed by atoms with E-state index in [0.717, 1.165) is 13.1 Å². The van der Waals surface area contributed by atoms with Crippen molar-refractivity contribution >= 4 is 11.6 Å². The summed E-state index contributed by atoms with van der Waals surface area (Å²) in [5, 5.41) is 2.89. The molecule has 0 aromatic heterocycles. The molecule has 6 heteroatoms. The predicted octanol–water partition coefficient (Wildman–Crippen LogP) is 1.75. The first-order valence-electron chi connectivity index (χ1n) is 7.41. The van der Waals surface area contributed by atoms with Crippen LogP contribution in [0.1, 0.15) is 13.8 Å². The van der Waals surface area contributed by atoms with E-state index in [-0.39, 0.29) is 18.1 Å². The fourth-order valence-electron chi connectivity index (χ4n) is 2.72. The van der Waals surface area contributed by atoms with Gasteiger partial charge in [0, 0.05) is 19.2 Å². The number of benzene rings is 1. The van der Waals surface area contributed by atoms with Crippen LogP contribution < -0.4 is 14.8 Å². The zero-order valence-electron chi connectivity index (χ0n) is 13.6. The summed E-state index contributed by atoms with van der Waals surface area (Å²) in [4.78, 5) is 14.4. The molecule has 0 saturated carbocycles. The highest BCUT2D eigenvalue weighted by Gasteiger charge is 2.24. The van der Waals surface area contributed by atoms with Crippen LogP contribution in [0, 0.1) is 0 Å². The van der Waals surface area contributed by atoms with Gasteiger partial charge in [-0.2, -0.15) is 0 Å². The number of carbonyl (C=O) groups is 1. The molecule has 0 bridgehead atoms. The molecule has 1 aliphatic rings. The Morgan fingerprint density at radius 2 is 1.95 bits per heavy atom. The van der Waals surface area contributed by atoms with E-state index < -0.39 is 0 Å². The van der Waals surface area contributed by atoms with E-state index in [2.05, 4.69) is 10.2 Å².